The number of amides is 3. The molecule has 0 aliphatic carbocycles. The maximum Gasteiger partial charge on any atom is 0.248 e. The Hall–Kier alpha value is -4.09. The predicted octanol–water partition coefficient (Wildman–Crippen LogP) is 4.47. The summed E-state index contributed by atoms with van der Waals surface area (Å²) in [7, 11) is 0. The molecule has 250 valence electrons. The Morgan fingerprint density at radius 2 is 1.59 bits per heavy atom. The molecule has 0 aliphatic heterocycles. The van der Waals surface area contributed by atoms with Crippen molar-refractivity contribution in [1.82, 2.24) is 14.4 Å². The highest BCUT2D eigenvalue weighted by molar-refractivity contribution is 5.88. The Balaban J connectivity index is 2.09. The number of hydrogen-bond acceptors (Lipinski definition) is 5. The summed E-state index contributed by atoms with van der Waals surface area (Å²) in [6, 6.07) is 12.2. The number of carbonyl (C=O) groups excluding carboxylic acids is 3. The largest absolute Gasteiger partial charge is 0.387 e. The number of aliphatic hydroxyl groups is 1. The fourth-order valence-electron chi connectivity index (χ4n) is 5.64. The molecule has 2 aromatic carbocycles. The van der Waals surface area contributed by atoms with Crippen molar-refractivity contribution in [2.75, 3.05) is 19.7 Å². The summed E-state index contributed by atoms with van der Waals surface area (Å²) < 4.78 is 31.2. The highest BCUT2D eigenvalue weighted by atomic mass is 19.1. The summed E-state index contributed by atoms with van der Waals surface area (Å²) in [5.41, 5.74) is 13.2. The zero-order chi connectivity index (χ0) is 34.3. The molecular formula is C35H47F2N5O4. The molecule has 9 nitrogen and oxygen atoms in total. The van der Waals surface area contributed by atoms with Crippen molar-refractivity contribution < 1.29 is 28.3 Å². The predicted molar refractivity (Wildman–Crippen MR) is 174 cm³/mol. The maximum atomic E-state index is 15.0. The van der Waals surface area contributed by atoms with Crippen LogP contribution in [0.4, 0.5) is 8.78 Å². The van der Waals surface area contributed by atoms with Gasteiger partial charge in [-0.1, -0.05) is 65.0 Å². The third-order valence-electron chi connectivity index (χ3n) is 8.20. The fraction of sp³-hybridized carbons (Fsp3) is 0.457. The number of aliphatic hydroxyl groups excluding tert-OH is 1. The van der Waals surface area contributed by atoms with E-state index in [2.05, 4.69) is 0 Å². The molecule has 3 atom stereocenters. The number of nitrogens with zero attached hydrogens (tertiary/aromatic N) is 3. The number of aromatic nitrogens is 1. The van der Waals surface area contributed by atoms with E-state index in [0.717, 1.165) is 23.8 Å². The molecule has 0 saturated carbocycles. The third kappa shape index (κ3) is 8.79. The summed E-state index contributed by atoms with van der Waals surface area (Å²) in [6.07, 6.45) is 1.99. The van der Waals surface area contributed by atoms with Crippen LogP contribution in [0.1, 0.15) is 65.3 Å². The second-order valence-electron chi connectivity index (χ2n) is 13.1. The second kappa shape index (κ2) is 15.5. The summed E-state index contributed by atoms with van der Waals surface area (Å²) in [5.74, 6) is -3.01. The quantitative estimate of drug-likeness (QED) is 0.239. The Morgan fingerprint density at radius 1 is 0.957 bits per heavy atom. The molecule has 0 aliphatic rings. The topological polar surface area (TPSA) is 135 Å². The van der Waals surface area contributed by atoms with Gasteiger partial charge in [-0.3, -0.25) is 14.4 Å². The van der Waals surface area contributed by atoms with E-state index in [1.165, 1.54) is 11.8 Å². The van der Waals surface area contributed by atoms with Crippen LogP contribution in [-0.2, 0) is 20.9 Å². The lowest BCUT2D eigenvalue weighted by atomic mass is 9.83. The zero-order valence-electron chi connectivity index (χ0n) is 27.5. The standard InChI is InChI=1S/C35H47F2N5O4/c1-22(2)31(38)34(46)41(23(3)33(39)45)15-10-16-42(30(44)21-43)32(35(4,5)6)29-17-25(27-18-26(36)13-14-28(27)37)20-40(29)19-24-11-8-7-9-12-24/h7-9,11-14,17-18,20,22-23,31-32,43H,10,15-16,19,21,38H2,1-6H3,(H2,39,45)/t23-,31-,32-/m0/s1. The SMILES string of the molecule is CC(C)[C@H](N)C(=O)N(CCCN(C(=O)CO)[C@@H](c1cc(-c2cc(F)ccc2F)cn1Cc1ccccc1)C(C)(C)C)[C@@H](C)C(N)=O. The van der Waals surface area contributed by atoms with Crippen LogP contribution in [0, 0.1) is 23.0 Å². The van der Waals surface area contributed by atoms with E-state index in [0.29, 0.717) is 17.8 Å². The first-order chi connectivity index (χ1) is 21.6. The Labute approximate surface area is 270 Å². The number of rotatable bonds is 14. The summed E-state index contributed by atoms with van der Waals surface area (Å²) >= 11 is 0. The van der Waals surface area contributed by atoms with Crippen LogP contribution in [0.5, 0.6) is 0 Å². The molecule has 0 radical (unpaired) electrons. The van der Waals surface area contributed by atoms with Gasteiger partial charge in [-0.15, -0.1) is 0 Å². The Bertz CT molecular complexity index is 1500. The first-order valence-electron chi connectivity index (χ1n) is 15.5. The molecule has 0 unspecified atom stereocenters. The van der Waals surface area contributed by atoms with Gasteiger partial charge in [0.2, 0.25) is 17.7 Å². The van der Waals surface area contributed by atoms with Crippen LogP contribution in [0.15, 0.2) is 60.8 Å². The number of halogens is 2. The normalized spacial score (nSPS) is 13.7. The minimum atomic E-state index is -0.926. The minimum Gasteiger partial charge on any atom is -0.387 e. The van der Waals surface area contributed by atoms with Crippen molar-refractivity contribution in [3.8, 4) is 11.1 Å². The van der Waals surface area contributed by atoms with Gasteiger partial charge in [0.15, 0.2) is 0 Å². The van der Waals surface area contributed by atoms with Gasteiger partial charge in [0.1, 0.15) is 24.3 Å². The van der Waals surface area contributed by atoms with Crippen molar-refractivity contribution >= 4 is 17.7 Å². The van der Waals surface area contributed by atoms with Gasteiger partial charge >= 0.3 is 0 Å². The first kappa shape index (κ1) is 36.4. The molecule has 3 aromatic rings. The lowest BCUT2D eigenvalue weighted by Gasteiger charge is -2.41. The number of primary amides is 1. The van der Waals surface area contributed by atoms with Crippen molar-refractivity contribution in [1.29, 1.82) is 0 Å². The number of hydrogen-bond donors (Lipinski definition) is 3. The molecule has 0 spiro atoms. The molecule has 0 fully saturated rings. The van der Waals surface area contributed by atoms with Crippen molar-refractivity contribution in [3.63, 3.8) is 0 Å². The molecular weight excluding hydrogens is 592 g/mol. The van der Waals surface area contributed by atoms with Gasteiger partial charge in [0, 0.05) is 42.7 Å². The molecule has 3 rings (SSSR count). The smallest absolute Gasteiger partial charge is 0.248 e. The van der Waals surface area contributed by atoms with Gasteiger partial charge in [-0.2, -0.15) is 0 Å². The number of nitrogens with two attached hydrogens (primary N) is 2. The van der Waals surface area contributed by atoms with Crippen molar-refractivity contribution in [2.45, 2.75) is 72.6 Å². The summed E-state index contributed by atoms with van der Waals surface area (Å²) in [4.78, 5) is 41.7. The third-order valence-corrected chi connectivity index (χ3v) is 8.20. The van der Waals surface area contributed by atoms with Crippen molar-refractivity contribution in [2.24, 2.45) is 22.8 Å². The van der Waals surface area contributed by atoms with Gasteiger partial charge in [0.25, 0.3) is 0 Å². The minimum absolute atomic E-state index is 0.0804. The average Bonchev–Trinajstić information content (AvgIpc) is 3.40. The molecule has 5 N–H and O–H groups in total. The van der Waals surface area contributed by atoms with Gasteiger partial charge in [-0.25, -0.2) is 8.78 Å². The van der Waals surface area contributed by atoms with E-state index in [9.17, 15) is 28.3 Å². The van der Waals surface area contributed by atoms with Crippen LogP contribution in [0.3, 0.4) is 0 Å². The molecule has 1 heterocycles. The summed E-state index contributed by atoms with van der Waals surface area (Å²) in [5, 5.41) is 10.1. The van der Waals surface area contributed by atoms with Gasteiger partial charge < -0.3 is 30.9 Å². The van der Waals surface area contributed by atoms with E-state index >= 15 is 0 Å². The molecule has 0 bridgehead atoms. The van der Waals surface area contributed by atoms with Gasteiger partial charge in [-0.05, 0) is 54.5 Å². The maximum absolute atomic E-state index is 15.0. The van der Waals surface area contributed by atoms with Crippen LogP contribution >= 0.6 is 0 Å². The van der Waals surface area contributed by atoms with E-state index < -0.39 is 59.5 Å². The molecule has 3 amide bonds. The van der Waals surface area contributed by atoms with Gasteiger partial charge in [0.05, 0.1) is 12.1 Å². The first-order valence-corrected chi connectivity index (χ1v) is 15.5. The Morgan fingerprint density at radius 3 is 2.15 bits per heavy atom. The highest BCUT2D eigenvalue weighted by Gasteiger charge is 2.37. The van der Waals surface area contributed by atoms with E-state index in [-0.39, 0.29) is 31.0 Å². The molecule has 1 aromatic heterocycles. The Kier molecular flexibility index (Phi) is 12.2. The zero-order valence-corrected chi connectivity index (χ0v) is 27.5. The van der Waals surface area contributed by atoms with E-state index in [1.807, 2.05) is 55.7 Å². The molecule has 0 saturated heterocycles. The van der Waals surface area contributed by atoms with Crippen molar-refractivity contribution in [3.05, 3.63) is 83.7 Å². The van der Waals surface area contributed by atoms with Crippen LogP contribution < -0.4 is 11.5 Å². The van der Waals surface area contributed by atoms with Crippen LogP contribution in [0.25, 0.3) is 11.1 Å². The lowest BCUT2D eigenvalue weighted by molar-refractivity contribution is -0.142. The van der Waals surface area contributed by atoms with E-state index in [1.54, 1.807) is 31.0 Å². The number of benzene rings is 2. The number of carbonyl (C=O) groups is 3. The molecule has 46 heavy (non-hydrogen) atoms. The second-order valence-corrected chi connectivity index (χ2v) is 13.1. The average molecular weight is 640 g/mol. The highest BCUT2D eigenvalue weighted by Crippen LogP contribution is 2.41. The molecule has 11 heteroatoms. The van der Waals surface area contributed by atoms with Crippen LogP contribution in [-0.4, -0.2) is 69.0 Å². The summed E-state index contributed by atoms with van der Waals surface area (Å²) in [6.45, 7) is 10.8. The fourth-order valence-corrected chi connectivity index (χ4v) is 5.64. The lowest BCUT2D eigenvalue weighted by Crippen LogP contribution is -2.54. The van der Waals surface area contributed by atoms with E-state index in [4.69, 9.17) is 11.5 Å². The monoisotopic (exact) mass is 639 g/mol. The van der Waals surface area contributed by atoms with Crippen LogP contribution in [0.2, 0.25) is 0 Å².